The lowest BCUT2D eigenvalue weighted by molar-refractivity contribution is -0.115. The van der Waals surface area contributed by atoms with E-state index in [-0.39, 0.29) is 17.9 Å². The van der Waals surface area contributed by atoms with Gasteiger partial charge in [0.15, 0.2) is 0 Å². The van der Waals surface area contributed by atoms with E-state index in [2.05, 4.69) is 10.6 Å². The second-order valence-corrected chi connectivity index (χ2v) is 7.20. The van der Waals surface area contributed by atoms with Crippen LogP contribution in [0.3, 0.4) is 0 Å². The van der Waals surface area contributed by atoms with Crippen molar-refractivity contribution in [1.29, 1.82) is 0 Å². The van der Waals surface area contributed by atoms with Crippen molar-refractivity contribution in [2.45, 2.75) is 23.8 Å². The summed E-state index contributed by atoms with van der Waals surface area (Å²) < 4.78 is 5.64. The Bertz CT molecular complexity index is 837. The van der Waals surface area contributed by atoms with Gasteiger partial charge in [-0.2, -0.15) is 0 Å². The number of carbonyl (C=O) groups is 2. The molecule has 128 valence electrons. The first-order valence-corrected chi connectivity index (χ1v) is 9.28. The van der Waals surface area contributed by atoms with Gasteiger partial charge in [0.2, 0.25) is 5.91 Å². The van der Waals surface area contributed by atoms with Crippen LogP contribution in [0.5, 0.6) is 5.75 Å². The third kappa shape index (κ3) is 3.35. The second kappa shape index (κ2) is 6.80. The van der Waals surface area contributed by atoms with E-state index in [1.165, 1.54) is 0 Å². The molecule has 1 atom stereocenters. The van der Waals surface area contributed by atoms with Gasteiger partial charge in [-0.3, -0.25) is 9.59 Å². The quantitative estimate of drug-likeness (QED) is 0.868. The lowest BCUT2D eigenvalue weighted by Crippen LogP contribution is -2.32. The molecule has 2 aromatic rings. The molecule has 0 radical (unpaired) electrons. The lowest BCUT2D eigenvalue weighted by Gasteiger charge is -2.26. The van der Waals surface area contributed by atoms with Gasteiger partial charge >= 0.3 is 0 Å². The van der Waals surface area contributed by atoms with E-state index in [9.17, 15) is 9.59 Å². The number of carbonyl (C=O) groups excluding carboxylic acids is 2. The highest BCUT2D eigenvalue weighted by Gasteiger charge is 2.23. The summed E-state index contributed by atoms with van der Waals surface area (Å²) in [5.74, 6) is 1.42. The molecule has 5 nitrogen and oxygen atoms in total. The molecule has 2 aromatic carbocycles. The van der Waals surface area contributed by atoms with Crippen LogP contribution in [-0.4, -0.2) is 24.2 Å². The molecule has 25 heavy (non-hydrogen) atoms. The summed E-state index contributed by atoms with van der Waals surface area (Å²) in [5, 5.41) is 5.96. The Morgan fingerprint density at radius 3 is 3.04 bits per heavy atom. The molecule has 2 amide bonds. The van der Waals surface area contributed by atoms with Crippen LogP contribution in [0.15, 0.2) is 47.4 Å². The van der Waals surface area contributed by atoms with Crippen LogP contribution in [0.4, 0.5) is 5.69 Å². The predicted molar refractivity (Wildman–Crippen MR) is 97.2 cm³/mol. The molecule has 4 rings (SSSR count). The normalized spacial score (nSPS) is 18.9. The molecule has 2 aliphatic rings. The molecule has 0 unspecified atom stereocenters. The maximum absolute atomic E-state index is 12.7. The number of ether oxygens (including phenoxy) is 1. The first kappa shape index (κ1) is 16.0. The number of nitrogens with one attached hydrogen (secondary N) is 2. The van der Waals surface area contributed by atoms with E-state index in [4.69, 9.17) is 4.74 Å². The van der Waals surface area contributed by atoms with Crippen LogP contribution < -0.4 is 15.4 Å². The zero-order valence-electron chi connectivity index (χ0n) is 13.6. The Morgan fingerprint density at radius 1 is 1.24 bits per heavy atom. The van der Waals surface area contributed by atoms with Gasteiger partial charge in [0.25, 0.3) is 5.91 Å². The number of hydrogen-bond acceptors (Lipinski definition) is 4. The van der Waals surface area contributed by atoms with Crippen molar-refractivity contribution in [1.82, 2.24) is 5.32 Å². The summed E-state index contributed by atoms with van der Waals surface area (Å²) >= 11 is 1.63. The highest BCUT2D eigenvalue weighted by Crippen LogP contribution is 2.33. The maximum atomic E-state index is 12.7. The summed E-state index contributed by atoms with van der Waals surface area (Å²) in [4.78, 5) is 25.4. The van der Waals surface area contributed by atoms with Gasteiger partial charge in [0, 0.05) is 34.6 Å². The highest BCUT2D eigenvalue weighted by atomic mass is 32.2. The number of rotatable bonds is 2. The standard InChI is InChI=1S/C19H18N2O3S/c22-18-8-10-25-17-6-5-12(11-15(17)20-18)19(23)21-14-7-9-24-16-4-2-1-3-13(14)16/h1-6,11,14H,7-10H2,(H,20,22)(H,21,23)/t14-/m1/s1. The van der Waals surface area contributed by atoms with Gasteiger partial charge in [-0.05, 0) is 24.3 Å². The van der Waals surface area contributed by atoms with Gasteiger partial charge in [0.05, 0.1) is 18.3 Å². The van der Waals surface area contributed by atoms with Crippen LogP contribution in [0.25, 0.3) is 0 Å². The van der Waals surface area contributed by atoms with Crippen LogP contribution in [0.2, 0.25) is 0 Å². The molecule has 0 saturated carbocycles. The maximum Gasteiger partial charge on any atom is 0.251 e. The number of anilines is 1. The summed E-state index contributed by atoms with van der Waals surface area (Å²) in [7, 11) is 0. The first-order valence-electron chi connectivity index (χ1n) is 8.30. The molecule has 0 spiro atoms. The molecular weight excluding hydrogens is 336 g/mol. The Morgan fingerprint density at radius 2 is 2.12 bits per heavy atom. The van der Waals surface area contributed by atoms with Crippen molar-refractivity contribution in [3.63, 3.8) is 0 Å². The molecule has 0 aromatic heterocycles. The fourth-order valence-electron chi connectivity index (χ4n) is 3.09. The fourth-order valence-corrected chi connectivity index (χ4v) is 4.03. The summed E-state index contributed by atoms with van der Waals surface area (Å²) in [6.45, 7) is 0.582. The molecule has 2 aliphatic heterocycles. The predicted octanol–water partition coefficient (Wildman–Crippen LogP) is 3.37. The molecule has 0 bridgehead atoms. The number of para-hydroxylation sites is 1. The third-order valence-electron chi connectivity index (χ3n) is 4.37. The fraction of sp³-hybridized carbons (Fsp3) is 0.263. The monoisotopic (exact) mass is 354 g/mol. The average Bonchev–Trinajstić information content (AvgIpc) is 2.81. The largest absolute Gasteiger partial charge is 0.493 e. The Balaban J connectivity index is 1.55. The minimum atomic E-state index is -0.145. The van der Waals surface area contributed by atoms with Gasteiger partial charge in [-0.25, -0.2) is 0 Å². The minimum Gasteiger partial charge on any atom is -0.493 e. The zero-order valence-corrected chi connectivity index (χ0v) is 14.4. The molecule has 2 N–H and O–H groups in total. The van der Waals surface area contributed by atoms with Crippen LogP contribution in [-0.2, 0) is 4.79 Å². The van der Waals surface area contributed by atoms with Gasteiger partial charge in [-0.15, -0.1) is 11.8 Å². The van der Waals surface area contributed by atoms with E-state index in [1.807, 2.05) is 36.4 Å². The molecule has 0 aliphatic carbocycles. The molecule has 6 heteroatoms. The highest BCUT2D eigenvalue weighted by molar-refractivity contribution is 7.99. The molecule has 2 heterocycles. The number of benzene rings is 2. The number of amides is 2. The first-order chi connectivity index (χ1) is 12.2. The summed E-state index contributed by atoms with van der Waals surface area (Å²) in [5.41, 5.74) is 2.26. The number of hydrogen-bond donors (Lipinski definition) is 2. The van der Waals surface area contributed by atoms with Crippen molar-refractivity contribution in [3.8, 4) is 5.75 Å². The molecular formula is C19H18N2O3S. The van der Waals surface area contributed by atoms with E-state index in [0.29, 0.717) is 24.3 Å². The van der Waals surface area contributed by atoms with Crippen LogP contribution in [0, 0.1) is 0 Å². The van der Waals surface area contributed by atoms with Crippen molar-refractivity contribution in [3.05, 3.63) is 53.6 Å². The van der Waals surface area contributed by atoms with E-state index in [0.717, 1.165) is 28.4 Å². The second-order valence-electron chi connectivity index (χ2n) is 6.06. The van der Waals surface area contributed by atoms with Crippen molar-refractivity contribution in [2.24, 2.45) is 0 Å². The van der Waals surface area contributed by atoms with E-state index in [1.54, 1.807) is 17.8 Å². The number of fused-ring (bicyclic) bond motifs is 2. The Kier molecular flexibility index (Phi) is 4.36. The van der Waals surface area contributed by atoms with Crippen LogP contribution in [0.1, 0.15) is 34.8 Å². The number of thioether (sulfide) groups is 1. The lowest BCUT2D eigenvalue weighted by atomic mass is 10.00. The van der Waals surface area contributed by atoms with Crippen molar-refractivity contribution >= 4 is 29.3 Å². The summed E-state index contributed by atoms with van der Waals surface area (Å²) in [6, 6.07) is 13.2. The van der Waals surface area contributed by atoms with Gasteiger partial charge < -0.3 is 15.4 Å². The van der Waals surface area contributed by atoms with Gasteiger partial charge in [-0.1, -0.05) is 18.2 Å². The minimum absolute atomic E-state index is 0.0119. The van der Waals surface area contributed by atoms with E-state index >= 15 is 0 Å². The molecule has 0 saturated heterocycles. The Hall–Kier alpha value is -2.47. The summed E-state index contributed by atoms with van der Waals surface area (Å²) in [6.07, 6.45) is 1.22. The van der Waals surface area contributed by atoms with Crippen molar-refractivity contribution < 1.29 is 14.3 Å². The smallest absolute Gasteiger partial charge is 0.251 e. The van der Waals surface area contributed by atoms with Crippen LogP contribution >= 0.6 is 11.8 Å². The zero-order chi connectivity index (χ0) is 17.2. The molecule has 0 fully saturated rings. The SMILES string of the molecule is O=C1CCSc2ccc(C(=O)N[C@@H]3CCOc4ccccc43)cc2N1. The van der Waals surface area contributed by atoms with E-state index < -0.39 is 0 Å². The Labute approximate surface area is 150 Å². The average molecular weight is 354 g/mol. The van der Waals surface area contributed by atoms with Gasteiger partial charge in [0.1, 0.15) is 5.75 Å². The van der Waals surface area contributed by atoms with Crippen molar-refractivity contribution in [2.75, 3.05) is 17.7 Å². The topological polar surface area (TPSA) is 67.4 Å². The third-order valence-corrected chi connectivity index (χ3v) is 5.44.